The molecule has 0 saturated carbocycles. The summed E-state index contributed by atoms with van der Waals surface area (Å²) in [6.07, 6.45) is 0. The fourth-order valence-corrected chi connectivity index (χ4v) is 2.62. The molecule has 24 heavy (non-hydrogen) atoms. The topological polar surface area (TPSA) is 88.7 Å². The zero-order chi connectivity index (χ0) is 17.5. The molecule has 1 aromatic heterocycles. The Bertz CT molecular complexity index is 725. The van der Waals surface area contributed by atoms with Gasteiger partial charge in [-0.2, -0.15) is 0 Å². The molecule has 0 unspecified atom stereocenters. The van der Waals surface area contributed by atoms with Crippen LogP contribution in [0.15, 0.2) is 35.7 Å². The second-order valence-electron chi connectivity index (χ2n) is 4.38. The van der Waals surface area contributed by atoms with Gasteiger partial charge in [0.15, 0.2) is 5.11 Å². The fourth-order valence-electron chi connectivity index (χ4n) is 1.85. The van der Waals surface area contributed by atoms with E-state index < -0.39 is 5.91 Å². The maximum absolute atomic E-state index is 12.4. The van der Waals surface area contributed by atoms with Crippen LogP contribution < -0.4 is 25.6 Å². The molecule has 0 spiro atoms. The van der Waals surface area contributed by atoms with E-state index in [1.807, 2.05) is 0 Å². The number of ether oxygens (including phenoxy) is 2. The third-order valence-electron chi connectivity index (χ3n) is 2.92. The van der Waals surface area contributed by atoms with Crippen LogP contribution >= 0.6 is 23.6 Å². The first kappa shape index (κ1) is 17.7. The molecule has 2 rings (SSSR count). The van der Waals surface area contributed by atoms with Crippen LogP contribution in [0.2, 0.25) is 0 Å². The number of amides is 2. The third-order valence-corrected chi connectivity index (χ3v) is 3.99. The largest absolute Gasteiger partial charge is 0.496 e. The van der Waals surface area contributed by atoms with Gasteiger partial charge in [0.25, 0.3) is 11.8 Å². The van der Waals surface area contributed by atoms with Gasteiger partial charge in [0.05, 0.1) is 19.1 Å². The van der Waals surface area contributed by atoms with Crippen molar-refractivity contribution in [2.75, 3.05) is 14.2 Å². The summed E-state index contributed by atoms with van der Waals surface area (Å²) >= 11 is 6.29. The van der Waals surface area contributed by atoms with E-state index in [0.29, 0.717) is 16.4 Å². The van der Waals surface area contributed by atoms with Gasteiger partial charge in [0.2, 0.25) is 0 Å². The average molecular weight is 365 g/mol. The zero-order valence-corrected chi connectivity index (χ0v) is 14.5. The Hall–Kier alpha value is -2.65. The van der Waals surface area contributed by atoms with Gasteiger partial charge in [-0.05, 0) is 35.8 Å². The van der Waals surface area contributed by atoms with Crippen LogP contribution in [0.1, 0.15) is 20.0 Å². The lowest BCUT2D eigenvalue weighted by Gasteiger charge is -2.14. The first-order valence-corrected chi connectivity index (χ1v) is 8.01. The molecule has 2 aromatic rings. The van der Waals surface area contributed by atoms with Crippen LogP contribution in [0, 0.1) is 0 Å². The predicted octanol–water partition coefficient (Wildman–Crippen LogP) is 1.71. The molecule has 3 N–H and O–H groups in total. The molecule has 1 heterocycles. The quantitative estimate of drug-likeness (QED) is 0.565. The van der Waals surface area contributed by atoms with Gasteiger partial charge in [-0.15, -0.1) is 11.3 Å². The van der Waals surface area contributed by atoms with Gasteiger partial charge in [0, 0.05) is 0 Å². The highest BCUT2D eigenvalue weighted by molar-refractivity contribution is 7.80. The summed E-state index contributed by atoms with van der Waals surface area (Å²) in [5.74, 6) is -0.182. The SMILES string of the molecule is COc1cccc(OC)c1C(=O)NC(=S)NNC(=O)c1cccs1. The number of carbonyl (C=O) groups excluding carboxylic acids is 2. The Kier molecular flexibility index (Phi) is 6.10. The summed E-state index contributed by atoms with van der Waals surface area (Å²) in [6, 6.07) is 8.39. The summed E-state index contributed by atoms with van der Waals surface area (Å²) in [5, 5.41) is 4.18. The summed E-state index contributed by atoms with van der Waals surface area (Å²) < 4.78 is 10.3. The Balaban J connectivity index is 1.99. The Labute approximate surface area is 147 Å². The van der Waals surface area contributed by atoms with E-state index >= 15 is 0 Å². The predicted molar refractivity (Wildman–Crippen MR) is 94.5 cm³/mol. The highest BCUT2D eigenvalue weighted by atomic mass is 32.1. The van der Waals surface area contributed by atoms with E-state index in [9.17, 15) is 9.59 Å². The van der Waals surface area contributed by atoms with E-state index in [2.05, 4.69) is 16.2 Å². The maximum atomic E-state index is 12.4. The molecule has 7 nitrogen and oxygen atoms in total. The molecule has 0 atom stereocenters. The Morgan fingerprint density at radius 2 is 1.67 bits per heavy atom. The highest BCUT2D eigenvalue weighted by Crippen LogP contribution is 2.27. The lowest BCUT2D eigenvalue weighted by atomic mass is 10.1. The van der Waals surface area contributed by atoms with E-state index in [-0.39, 0.29) is 16.6 Å². The molecule has 0 aliphatic carbocycles. The van der Waals surface area contributed by atoms with E-state index in [1.165, 1.54) is 25.6 Å². The third kappa shape index (κ3) is 4.21. The molecule has 2 amide bonds. The smallest absolute Gasteiger partial charge is 0.279 e. The number of benzene rings is 1. The second-order valence-corrected chi connectivity index (χ2v) is 5.73. The molecule has 0 aliphatic rings. The lowest BCUT2D eigenvalue weighted by molar-refractivity contribution is 0.0936. The zero-order valence-electron chi connectivity index (χ0n) is 12.9. The van der Waals surface area contributed by atoms with Crippen LogP contribution in [0.4, 0.5) is 0 Å². The number of hydrogen-bond donors (Lipinski definition) is 3. The standard InChI is InChI=1S/C15H15N3O4S2/c1-21-9-5-3-6-10(22-2)12(9)14(20)16-15(23)18-17-13(19)11-7-4-8-24-11/h3-8H,1-2H3,(H,17,19)(H2,16,18,20,23). The second kappa shape index (κ2) is 8.27. The van der Waals surface area contributed by atoms with Crippen LogP contribution in [0.25, 0.3) is 0 Å². The van der Waals surface area contributed by atoms with Crippen molar-refractivity contribution in [3.8, 4) is 11.5 Å². The molecular formula is C15H15N3O4S2. The van der Waals surface area contributed by atoms with Crippen molar-refractivity contribution in [2.45, 2.75) is 0 Å². The molecule has 0 radical (unpaired) electrons. The van der Waals surface area contributed by atoms with E-state index in [0.717, 1.165) is 0 Å². The first-order valence-electron chi connectivity index (χ1n) is 6.73. The van der Waals surface area contributed by atoms with Crippen molar-refractivity contribution in [3.05, 3.63) is 46.2 Å². The van der Waals surface area contributed by atoms with Crippen LogP contribution in [-0.2, 0) is 0 Å². The molecular weight excluding hydrogens is 350 g/mol. The van der Waals surface area contributed by atoms with Gasteiger partial charge >= 0.3 is 0 Å². The molecule has 0 bridgehead atoms. The maximum Gasteiger partial charge on any atom is 0.279 e. The van der Waals surface area contributed by atoms with Crippen molar-refractivity contribution in [1.82, 2.24) is 16.2 Å². The minimum atomic E-state index is -0.521. The number of carbonyl (C=O) groups is 2. The molecule has 0 aliphatic heterocycles. The van der Waals surface area contributed by atoms with E-state index in [4.69, 9.17) is 21.7 Å². The van der Waals surface area contributed by atoms with Crippen molar-refractivity contribution in [2.24, 2.45) is 0 Å². The summed E-state index contributed by atoms with van der Waals surface area (Å²) in [6.45, 7) is 0. The molecule has 0 saturated heterocycles. The summed E-state index contributed by atoms with van der Waals surface area (Å²) in [5.41, 5.74) is 5.08. The van der Waals surface area contributed by atoms with Gasteiger partial charge < -0.3 is 9.47 Å². The molecule has 126 valence electrons. The number of thiophene rings is 1. The van der Waals surface area contributed by atoms with E-state index in [1.54, 1.807) is 35.7 Å². The fraction of sp³-hybridized carbons (Fsp3) is 0.133. The lowest BCUT2D eigenvalue weighted by Crippen LogP contribution is -2.48. The number of nitrogens with one attached hydrogen (secondary N) is 3. The van der Waals surface area contributed by atoms with Crippen molar-refractivity contribution < 1.29 is 19.1 Å². The minimum absolute atomic E-state index is 0.0575. The first-order chi connectivity index (χ1) is 11.6. The van der Waals surface area contributed by atoms with Crippen LogP contribution in [-0.4, -0.2) is 31.1 Å². The molecule has 1 aromatic carbocycles. The van der Waals surface area contributed by atoms with Crippen LogP contribution in [0.5, 0.6) is 11.5 Å². The molecule has 0 fully saturated rings. The number of rotatable bonds is 4. The van der Waals surface area contributed by atoms with Gasteiger partial charge in [0.1, 0.15) is 17.1 Å². The Morgan fingerprint density at radius 3 is 2.21 bits per heavy atom. The number of thiocarbonyl (C=S) groups is 1. The molecule has 9 heteroatoms. The van der Waals surface area contributed by atoms with Crippen molar-refractivity contribution in [3.63, 3.8) is 0 Å². The van der Waals surface area contributed by atoms with Gasteiger partial charge in [-0.1, -0.05) is 12.1 Å². The minimum Gasteiger partial charge on any atom is -0.496 e. The number of hydrogen-bond acceptors (Lipinski definition) is 6. The number of methoxy groups -OCH3 is 2. The van der Waals surface area contributed by atoms with Crippen LogP contribution in [0.3, 0.4) is 0 Å². The average Bonchev–Trinajstić information content (AvgIpc) is 3.13. The number of hydrazine groups is 1. The van der Waals surface area contributed by atoms with Gasteiger partial charge in [-0.25, -0.2) is 0 Å². The summed E-state index contributed by atoms with van der Waals surface area (Å²) in [7, 11) is 2.90. The monoisotopic (exact) mass is 365 g/mol. The Morgan fingerprint density at radius 1 is 1.00 bits per heavy atom. The highest BCUT2D eigenvalue weighted by Gasteiger charge is 2.19. The van der Waals surface area contributed by atoms with Crippen molar-refractivity contribution in [1.29, 1.82) is 0 Å². The summed E-state index contributed by atoms with van der Waals surface area (Å²) in [4.78, 5) is 24.7. The van der Waals surface area contributed by atoms with Crippen molar-refractivity contribution >= 4 is 40.5 Å². The normalized spacial score (nSPS) is 9.75. The van der Waals surface area contributed by atoms with Gasteiger partial charge in [-0.3, -0.25) is 25.8 Å².